The van der Waals surface area contributed by atoms with E-state index in [1.54, 1.807) is 0 Å². The average Bonchev–Trinajstić information content (AvgIpc) is 2.03. The van der Waals surface area contributed by atoms with Crippen molar-refractivity contribution in [2.75, 3.05) is 11.2 Å². The molecule has 0 atom stereocenters. The minimum atomic E-state index is -2.41. The number of anilines is 1. The van der Waals surface area contributed by atoms with E-state index in [9.17, 15) is 8.42 Å². The number of aromatic nitrogens is 2. The van der Waals surface area contributed by atoms with Crippen LogP contribution in [0.15, 0.2) is 12.4 Å². The largest absolute Gasteiger partial charge is 0.355 e. The third-order valence-electron chi connectivity index (χ3n) is 0.912. The maximum atomic E-state index is 10.1. The van der Waals surface area contributed by atoms with E-state index >= 15 is 0 Å². The summed E-state index contributed by atoms with van der Waals surface area (Å²) in [5.41, 5.74) is 0. The van der Waals surface area contributed by atoms with Gasteiger partial charge in [0.05, 0.1) is 12.4 Å². The van der Waals surface area contributed by atoms with Gasteiger partial charge in [0.25, 0.3) is 0 Å². The van der Waals surface area contributed by atoms with Crippen LogP contribution in [0.1, 0.15) is 0 Å². The lowest BCUT2D eigenvalue weighted by molar-refractivity contribution is 0.616. The zero-order chi connectivity index (χ0) is 8.10. The molecule has 0 bridgehead atoms. The third-order valence-corrected chi connectivity index (χ3v) is 1.33. The van der Waals surface area contributed by atoms with Gasteiger partial charge < -0.3 is 5.32 Å². The van der Waals surface area contributed by atoms with Gasteiger partial charge >= 0.3 is 0 Å². The molecule has 0 aliphatic heterocycles. The van der Waals surface area contributed by atoms with Gasteiger partial charge in [-0.1, -0.05) is 0 Å². The van der Waals surface area contributed by atoms with E-state index in [2.05, 4.69) is 21.5 Å². The molecule has 0 aliphatic carbocycles. The first-order valence-electron chi connectivity index (χ1n) is 2.83. The molecular weight excluding hydrogens is 166 g/mol. The van der Waals surface area contributed by atoms with E-state index in [1.807, 2.05) is 0 Å². The summed E-state index contributed by atoms with van der Waals surface area (Å²) in [6, 6.07) is 0. The Morgan fingerprint density at radius 1 is 1.64 bits per heavy atom. The monoisotopic (exact) mass is 172 g/mol. The second-order valence-electron chi connectivity index (χ2n) is 1.70. The lowest BCUT2D eigenvalue weighted by Gasteiger charge is -1.96. The van der Waals surface area contributed by atoms with Crippen molar-refractivity contribution < 1.29 is 8.42 Å². The first-order valence-corrected chi connectivity index (χ1v) is 4.19. The Bertz CT molecular complexity index is 277. The molecule has 0 aromatic carbocycles. The number of rotatable bonds is 3. The van der Waals surface area contributed by atoms with Crippen LogP contribution in [-0.4, -0.2) is 24.3 Å². The molecule has 0 spiro atoms. The van der Waals surface area contributed by atoms with E-state index in [1.165, 1.54) is 12.4 Å². The predicted octanol–water partition coefficient (Wildman–Crippen LogP) is -0.742. The molecule has 0 saturated carbocycles. The van der Waals surface area contributed by atoms with Gasteiger partial charge in [0, 0.05) is 0 Å². The van der Waals surface area contributed by atoms with E-state index in [0.29, 0.717) is 5.82 Å². The van der Waals surface area contributed by atoms with Crippen LogP contribution in [0.4, 0.5) is 5.82 Å². The zero-order valence-electron chi connectivity index (χ0n) is 5.52. The van der Waals surface area contributed by atoms with Crippen LogP contribution in [0.2, 0.25) is 0 Å². The third kappa shape index (κ3) is 2.94. The molecule has 0 saturated heterocycles. The number of hydrogen-bond donors (Lipinski definition) is 2. The number of nitrogens with zero attached hydrogens (tertiary/aromatic N) is 2. The summed E-state index contributed by atoms with van der Waals surface area (Å²) in [6.07, 6.45) is 5.23. The highest BCUT2D eigenvalue weighted by atomic mass is 32.2. The summed E-state index contributed by atoms with van der Waals surface area (Å²) >= 11 is 0. The highest BCUT2D eigenvalue weighted by molar-refractivity contribution is 7.72. The fraction of sp³-hybridized carbons (Fsp3) is 0.200. The molecule has 1 N–H and O–H groups in total. The van der Waals surface area contributed by atoms with Crippen molar-refractivity contribution in [2.24, 2.45) is 0 Å². The quantitative estimate of drug-likeness (QED) is 0.587. The second kappa shape index (κ2) is 3.87. The standard InChI is InChI=1S/C5H6N3O2S/c9-11(10)4-8-5-3-6-1-2-7-5/h2-3,11H,4H2,(H,7,8). The smallest absolute Gasteiger partial charge is 0.158 e. The minimum Gasteiger partial charge on any atom is -0.355 e. The van der Waals surface area contributed by atoms with Crippen LogP contribution in [0.3, 0.4) is 0 Å². The Hall–Kier alpha value is -1.17. The Balaban J connectivity index is 2.52. The van der Waals surface area contributed by atoms with E-state index in [0.717, 1.165) is 0 Å². The Kier molecular flexibility index (Phi) is 2.79. The molecule has 6 heteroatoms. The van der Waals surface area contributed by atoms with Crippen LogP contribution in [0, 0.1) is 6.20 Å². The van der Waals surface area contributed by atoms with Crippen molar-refractivity contribution in [1.29, 1.82) is 0 Å². The van der Waals surface area contributed by atoms with Crippen LogP contribution in [0.5, 0.6) is 0 Å². The topological polar surface area (TPSA) is 72.0 Å². The Morgan fingerprint density at radius 2 is 2.45 bits per heavy atom. The Morgan fingerprint density at radius 3 is 3.00 bits per heavy atom. The van der Waals surface area contributed by atoms with Gasteiger partial charge in [-0.3, -0.25) is 0 Å². The molecule has 0 fully saturated rings. The molecular formula is C5H6N3O2S. The SMILES string of the molecule is O=[SH](=O)CNc1cn[c]cn1. The first kappa shape index (κ1) is 7.93. The molecule has 1 rings (SSSR count). The average molecular weight is 172 g/mol. The normalized spacial score (nSPS) is 9.91. The van der Waals surface area contributed by atoms with Gasteiger partial charge in [-0.15, -0.1) is 0 Å². The molecule has 0 unspecified atom stereocenters. The molecule has 1 aromatic rings. The van der Waals surface area contributed by atoms with Gasteiger partial charge in [-0.2, -0.15) is 0 Å². The number of nitrogens with one attached hydrogen (secondary N) is 1. The highest BCUT2D eigenvalue weighted by Gasteiger charge is 1.90. The van der Waals surface area contributed by atoms with Gasteiger partial charge in [0.15, 0.2) is 10.7 Å². The number of hydrogen-bond acceptors (Lipinski definition) is 5. The van der Waals surface area contributed by atoms with Crippen molar-refractivity contribution in [3.63, 3.8) is 0 Å². The summed E-state index contributed by atoms with van der Waals surface area (Å²) in [7, 11) is -2.41. The minimum absolute atomic E-state index is 0.117. The van der Waals surface area contributed by atoms with Crippen molar-refractivity contribution in [1.82, 2.24) is 9.97 Å². The predicted molar refractivity (Wildman–Crippen MR) is 39.7 cm³/mol. The van der Waals surface area contributed by atoms with Crippen molar-refractivity contribution in [3.8, 4) is 0 Å². The molecule has 1 radical (unpaired) electrons. The summed E-state index contributed by atoms with van der Waals surface area (Å²) < 4.78 is 20.2. The van der Waals surface area contributed by atoms with Crippen molar-refractivity contribution in [3.05, 3.63) is 18.6 Å². The fourth-order valence-electron chi connectivity index (χ4n) is 0.500. The summed E-state index contributed by atoms with van der Waals surface area (Å²) in [4.78, 5) is 7.37. The van der Waals surface area contributed by atoms with Crippen LogP contribution >= 0.6 is 0 Å². The fourth-order valence-corrected chi connectivity index (χ4v) is 0.791. The van der Waals surface area contributed by atoms with Gasteiger partial charge in [0.1, 0.15) is 17.9 Å². The molecule has 0 amide bonds. The van der Waals surface area contributed by atoms with Crippen molar-refractivity contribution >= 4 is 16.5 Å². The maximum absolute atomic E-state index is 10.1. The van der Waals surface area contributed by atoms with Gasteiger partial charge in [-0.05, 0) is 0 Å². The van der Waals surface area contributed by atoms with Gasteiger partial charge in [0.2, 0.25) is 0 Å². The van der Waals surface area contributed by atoms with Crippen LogP contribution in [-0.2, 0) is 10.7 Å². The van der Waals surface area contributed by atoms with E-state index in [4.69, 9.17) is 0 Å². The lowest BCUT2D eigenvalue weighted by atomic mass is 10.7. The molecule has 0 aliphatic rings. The summed E-state index contributed by atoms with van der Waals surface area (Å²) in [5, 5.41) is 2.55. The van der Waals surface area contributed by atoms with E-state index in [-0.39, 0.29) is 5.88 Å². The lowest BCUT2D eigenvalue weighted by Crippen LogP contribution is -2.04. The number of thiol groups is 1. The van der Waals surface area contributed by atoms with Crippen LogP contribution < -0.4 is 5.32 Å². The molecule has 11 heavy (non-hydrogen) atoms. The van der Waals surface area contributed by atoms with Gasteiger partial charge in [-0.25, -0.2) is 18.4 Å². The molecule has 1 aromatic heterocycles. The van der Waals surface area contributed by atoms with Crippen LogP contribution in [0.25, 0.3) is 0 Å². The summed E-state index contributed by atoms with van der Waals surface area (Å²) in [5.74, 6) is 0.316. The first-order chi connectivity index (χ1) is 5.29. The zero-order valence-corrected chi connectivity index (χ0v) is 6.41. The molecule has 1 heterocycles. The van der Waals surface area contributed by atoms with Crippen molar-refractivity contribution in [2.45, 2.75) is 0 Å². The molecule has 5 nitrogen and oxygen atoms in total. The summed E-state index contributed by atoms with van der Waals surface area (Å²) in [6.45, 7) is 0. The molecule has 59 valence electrons. The highest BCUT2D eigenvalue weighted by Crippen LogP contribution is 1.94. The second-order valence-corrected chi connectivity index (χ2v) is 2.68. The Labute approximate surface area is 65.4 Å². The van der Waals surface area contributed by atoms with E-state index < -0.39 is 10.7 Å². The maximum Gasteiger partial charge on any atom is 0.158 e.